The van der Waals surface area contributed by atoms with Gasteiger partial charge in [0.25, 0.3) is 0 Å². The highest BCUT2D eigenvalue weighted by Crippen LogP contribution is 2.40. The van der Waals surface area contributed by atoms with Gasteiger partial charge in [-0.1, -0.05) is 25.3 Å². The number of rotatable bonds is 3. The number of anilines is 1. The lowest BCUT2D eigenvalue weighted by Crippen LogP contribution is -2.40. The van der Waals surface area contributed by atoms with E-state index in [-0.39, 0.29) is 17.1 Å². The number of halogens is 1. The molecule has 0 saturated heterocycles. The van der Waals surface area contributed by atoms with Crippen LogP contribution in [0.3, 0.4) is 0 Å². The Kier molecular flexibility index (Phi) is 3.98. The van der Waals surface area contributed by atoms with Gasteiger partial charge in [0, 0.05) is 18.7 Å². The third kappa shape index (κ3) is 2.82. The fraction of sp³-hybridized carbons (Fsp3) is 0.588. The highest BCUT2D eigenvalue weighted by atomic mass is 19.1. The van der Waals surface area contributed by atoms with Gasteiger partial charge in [-0.15, -0.1) is 0 Å². The first-order valence-corrected chi connectivity index (χ1v) is 7.92. The van der Waals surface area contributed by atoms with Crippen molar-refractivity contribution < 1.29 is 9.18 Å². The number of nitrogens with zero attached hydrogens (tertiary/aromatic N) is 1. The third-order valence-electron chi connectivity index (χ3n) is 5.12. The topological polar surface area (TPSA) is 46.3 Å². The van der Waals surface area contributed by atoms with Gasteiger partial charge in [0.15, 0.2) is 0 Å². The summed E-state index contributed by atoms with van der Waals surface area (Å²) in [6.45, 7) is 1.24. The van der Waals surface area contributed by atoms with Crippen LogP contribution >= 0.6 is 0 Å². The molecule has 1 aliphatic heterocycles. The predicted octanol–water partition coefficient (Wildman–Crippen LogP) is 3.01. The zero-order valence-corrected chi connectivity index (χ0v) is 12.4. The molecule has 0 radical (unpaired) electrons. The summed E-state index contributed by atoms with van der Waals surface area (Å²) in [6, 6.07) is 4.74. The van der Waals surface area contributed by atoms with Gasteiger partial charge >= 0.3 is 0 Å². The van der Waals surface area contributed by atoms with E-state index >= 15 is 0 Å². The third-order valence-corrected chi connectivity index (χ3v) is 5.12. The maximum Gasteiger partial charge on any atom is 0.227 e. The Labute approximate surface area is 125 Å². The van der Waals surface area contributed by atoms with E-state index in [2.05, 4.69) is 0 Å². The molecule has 1 aliphatic carbocycles. The monoisotopic (exact) mass is 290 g/mol. The van der Waals surface area contributed by atoms with Gasteiger partial charge in [0.05, 0.1) is 0 Å². The molecule has 1 amide bonds. The van der Waals surface area contributed by atoms with Gasteiger partial charge in [0.2, 0.25) is 5.91 Å². The highest BCUT2D eigenvalue weighted by molar-refractivity contribution is 5.95. The van der Waals surface area contributed by atoms with E-state index < -0.39 is 0 Å². The van der Waals surface area contributed by atoms with Gasteiger partial charge in [-0.2, -0.15) is 0 Å². The van der Waals surface area contributed by atoms with E-state index in [0.717, 1.165) is 43.4 Å². The lowest BCUT2D eigenvalue weighted by Gasteiger charge is -2.36. The molecule has 0 bridgehead atoms. The molecular formula is C17H23FN2O. The first kappa shape index (κ1) is 14.5. The van der Waals surface area contributed by atoms with Gasteiger partial charge in [0.1, 0.15) is 5.82 Å². The van der Waals surface area contributed by atoms with E-state index in [0.29, 0.717) is 19.5 Å². The second-order valence-corrected chi connectivity index (χ2v) is 6.51. The summed E-state index contributed by atoms with van der Waals surface area (Å²) in [5.41, 5.74) is 7.75. The number of benzene rings is 1. The van der Waals surface area contributed by atoms with Crippen molar-refractivity contribution in [2.75, 3.05) is 18.0 Å². The van der Waals surface area contributed by atoms with Crippen molar-refractivity contribution >= 4 is 11.6 Å². The molecule has 0 atom stereocenters. The molecule has 21 heavy (non-hydrogen) atoms. The SMILES string of the molecule is NCC1(CC(=O)N2CCc3ccc(F)cc32)CCCCC1. The first-order valence-electron chi connectivity index (χ1n) is 7.92. The molecule has 1 heterocycles. The Balaban J connectivity index is 1.76. The standard InChI is InChI=1S/C17H23FN2O/c18-14-5-4-13-6-9-20(15(13)10-14)16(21)11-17(12-19)7-2-1-3-8-17/h4-5,10H,1-3,6-9,11-12,19H2. The summed E-state index contributed by atoms with van der Waals surface area (Å²) >= 11 is 0. The van der Waals surface area contributed by atoms with Crippen LogP contribution in [0.1, 0.15) is 44.1 Å². The van der Waals surface area contributed by atoms with Crippen molar-refractivity contribution in [3.05, 3.63) is 29.6 Å². The van der Waals surface area contributed by atoms with Crippen LogP contribution in [0, 0.1) is 11.2 Å². The predicted molar refractivity (Wildman–Crippen MR) is 81.6 cm³/mol. The van der Waals surface area contributed by atoms with E-state index in [9.17, 15) is 9.18 Å². The summed E-state index contributed by atoms with van der Waals surface area (Å²) < 4.78 is 13.4. The molecule has 3 rings (SSSR count). The maximum atomic E-state index is 13.4. The van der Waals surface area contributed by atoms with Crippen LogP contribution in [0.4, 0.5) is 10.1 Å². The summed E-state index contributed by atoms with van der Waals surface area (Å²) in [6.07, 6.45) is 6.97. The molecule has 0 spiro atoms. The number of fused-ring (bicyclic) bond motifs is 1. The number of carbonyl (C=O) groups excluding carboxylic acids is 1. The number of hydrogen-bond donors (Lipinski definition) is 1. The summed E-state index contributed by atoms with van der Waals surface area (Å²) in [5, 5.41) is 0. The molecule has 2 N–H and O–H groups in total. The molecule has 114 valence electrons. The Morgan fingerprint density at radius 2 is 2.05 bits per heavy atom. The Hall–Kier alpha value is -1.42. The minimum atomic E-state index is -0.278. The van der Waals surface area contributed by atoms with E-state index in [1.807, 2.05) is 0 Å². The smallest absolute Gasteiger partial charge is 0.227 e. The van der Waals surface area contributed by atoms with Gasteiger partial charge in [-0.25, -0.2) is 4.39 Å². The summed E-state index contributed by atoms with van der Waals surface area (Å²) in [5.74, 6) is -0.175. The van der Waals surface area contributed by atoms with Crippen molar-refractivity contribution in [2.45, 2.75) is 44.9 Å². The van der Waals surface area contributed by atoms with E-state index in [1.165, 1.54) is 18.6 Å². The van der Waals surface area contributed by atoms with Gasteiger partial charge in [-0.3, -0.25) is 4.79 Å². The highest BCUT2D eigenvalue weighted by Gasteiger charge is 2.36. The number of carbonyl (C=O) groups is 1. The van der Waals surface area contributed by atoms with Crippen LogP contribution in [-0.2, 0) is 11.2 Å². The quantitative estimate of drug-likeness (QED) is 0.930. The zero-order chi connectivity index (χ0) is 14.9. The molecule has 1 saturated carbocycles. The molecular weight excluding hydrogens is 267 g/mol. The molecule has 1 fully saturated rings. The van der Waals surface area contributed by atoms with E-state index in [1.54, 1.807) is 11.0 Å². The normalized spacial score (nSPS) is 20.4. The molecule has 1 aromatic rings. The summed E-state index contributed by atoms with van der Waals surface area (Å²) in [7, 11) is 0. The van der Waals surface area contributed by atoms with Gasteiger partial charge in [-0.05, 0) is 48.9 Å². The number of nitrogens with two attached hydrogens (primary N) is 1. The van der Waals surface area contributed by atoms with Crippen molar-refractivity contribution in [1.29, 1.82) is 0 Å². The molecule has 1 aromatic carbocycles. The average Bonchev–Trinajstić information content (AvgIpc) is 2.91. The zero-order valence-electron chi connectivity index (χ0n) is 12.4. The molecule has 4 heteroatoms. The van der Waals surface area contributed by atoms with Crippen LogP contribution in [0.15, 0.2) is 18.2 Å². The van der Waals surface area contributed by atoms with Crippen LogP contribution in [-0.4, -0.2) is 19.0 Å². The lowest BCUT2D eigenvalue weighted by molar-refractivity contribution is -0.121. The van der Waals surface area contributed by atoms with Crippen LogP contribution < -0.4 is 10.6 Å². The number of hydrogen-bond acceptors (Lipinski definition) is 2. The molecule has 0 unspecified atom stereocenters. The average molecular weight is 290 g/mol. The van der Waals surface area contributed by atoms with Crippen molar-refractivity contribution in [1.82, 2.24) is 0 Å². The first-order chi connectivity index (χ1) is 10.1. The second kappa shape index (κ2) is 5.76. The number of amides is 1. The molecule has 2 aliphatic rings. The molecule has 0 aromatic heterocycles. The Bertz CT molecular complexity index is 538. The van der Waals surface area contributed by atoms with Crippen molar-refractivity contribution in [3.63, 3.8) is 0 Å². The molecule has 3 nitrogen and oxygen atoms in total. The van der Waals surface area contributed by atoms with Crippen LogP contribution in [0.2, 0.25) is 0 Å². The Morgan fingerprint density at radius 3 is 2.76 bits per heavy atom. The lowest BCUT2D eigenvalue weighted by atomic mass is 9.71. The fourth-order valence-electron chi connectivity index (χ4n) is 3.78. The van der Waals surface area contributed by atoms with Crippen LogP contribution in [0.5, 0.6) is 0 Å². The maximum absolute atomic E-state index is 13.4. The fourth-order valence-corrected chi connectivity index (χ4v) is 3.78. The second-order valence-electron chi connectivity index (χ2n) is 6.51. The van der Waals surface area contributed by atoms with Crippen molar-refractivity contribution in [3.8, 4) is 0 Å². The van der Waals surface area contributed by atoms with Gasteiger partial charge < -0.3 is 10.6 Å². The Morgan fingerprint density at radius 1 is 1.29 bits per heavy atom. The van der Waals surface area contributed by atoms with Crippen LogP contribution in [0.25, 0.3) is 0 Å². The van der Waals surface area contributed by atoms with Crippen molar-refractivity contribution in [2.24, 2.45) is 11.1 Å². The van der Waals surface area contributed by atoms with E-state index in [4.69, 9.17) is 5.73 Å². The minimum Gasteiger partial charge on any atom is -0.330 e. The largest absolute Gasteiger partial charge is 0.330 e. The summed E-state index contributed by atoms with van der Waals surface area (Å²) in [4.78, 5) is 14.5. The minimum absolute atomic E-state index is 0.0363.